The van der Waals surface area contributed by atoms with E-state index in [4.69, 9.17) is 28.6 Å². The molecule has 0 spiro atoms. The van der Waals surface area contributed by atoms with Crippen LogP contribution in [0.15, 0.2) is 17.2 Å². The molecule has 122 valence electrons. The normalized spacial score (nSPS) is 16.5. The van der Waals surface area contributed by atoms with Crippen LogP contribution in [0.4, 0.5) is 0 Å². The Bertz CT molecular complexity index is 515. The van der Waals surface area contributed by atoms with Crippen LogP contribution in [0.25, 0.3) is 0 Å². The molecule has 0 unspecified atom stereocenters. The zero-order valence-corrected chi connectivity index (χ0v) is 15.0. The zero-order chi connectivity index (χ0) is 15.8. The third kappa shape index (κ3) is 6.18. The molecule has 1 aromatic heterocycles. The SMILES string of the molecule is C/C(=N/NC(=S)NCCC[NH+]1CCOCC1)c1ccc(Cl)s1. The van der Waals surface area contributed by atoms with Gasteiger partial charge in [0.25, 0.3) is 0 Å². The Balaban J connectivity index is 1.61. The van der Waals surface area contributed by atoms with E-state index in [2.05, 4.69) is 15.8 Å². The second-order valence-corrected chi connectivity index (χ2v) is 7.26. The number of thiophene rings is 1. The molecule has 0 aliphatic carbocycles. The summed E-state index contributed by atoms with van der Waals surface area (Å²) in [5, 5.41) is 8.00. The summed E-state index contributed by atoms with van der Waals surface area (Å²) in [6, 6.07) is 3.82. The Morgan fingerprint density at radius 3 is 2.91 bits per heavy atom. The molecule has 1 aromatic rings. The molecule has 1 fully saturated rings. The third-order valence-electron chi connectivity index (χ3n) is 3.45. The van der Waals surface area contributed by atoms with E-state index in [-0.39, 0.29) is 0 Å². The molecule has 0 bridgehead atoms. The second-order valence-electron chi connectivity index (χ2n) is 5.13. The second kappa shape index (κ2) is 9.42. The number of nitrogens with one attached hydrogen (secondary N) is 3. The maximum Gasteiger partial charge on any atom is 0.186 e. The molecule has 22 heavy (non-hydrogen) atoms. The van der Waals surface area contributed by atoms with Crippen LogP contribution >= 0.6 is 35.2 Å². The van der Waals surface area contributed by atoms with Gasteiger partial charge in [0.15, 0.2) is 5.11 Å². The molecular formula is C14H22ClN4OS2+. The van der Waals surface area contributed by atoms with Crippen LogP contribution in [0, 0.1) is 0 Å². The summed E-state index contributed by atoms with van der Waals surface area (Å²) in [5.41, 5.74) is 3.75. The van der Waals surface area contributed by atoms with Crippen LogP contribution in [0.5, 0.6) is 0 Å². The summed E-state index contributed by atoms with van der Waals surface area (Å²) in [4.78, 5) is 2.64. The summed E-state index contributed by atoms with van der Waals surface area (Å²) in [6.45, 7) is 7.90. The lowest BCUT2D eigenvalue weighted by atomic mass is 10.3. The van der Waals surface area contributed by atoms with E-state index in [0.717, 1.165) is 60.7 Å². The van der Waals surface area contributed by atoms with Gasteiger partial charge in [-0.1, -0.05) is 11.6 Å². The first-order chi connectivity index (χ1) is 10.6. The number of nitrogens with zero attached hydrogens (tertiary/aromatic N) is 1. The fourth-order valence-electron chi connectivity index (χ4n) is 2.19. The minimum absolute atomic E-state index is 0.555. The Morgan fingerprint density at radius 2 is 2.23 bits per heavy atom. The Labute approximate surface area is 145 Å². The first-order valence-corrected chi connectivity index (χ1v) is 9.00. The summed E-state index contributed by atoms with van der Waals surface area (Å²) in [7, 11) is 0. The number of hydrogen-bond acceptors (Lipinski definition) is 4. The minimum atomic E-state index is 0.555. The Hall–Kier alpha value is -0.730. The lowest BCUT2D eigenvalue weighted by Gasteiger charge is -2.23. The van der Waals surface area contributed by atoms with E-state index < -0.39 is 0 Å². The van der Waals surface area contributed by atoms with Gasteiger partial charge in [-0.25, -0.2) is 0 Å². The maximum atomic E-state index is 5.91. The number of halogens is 1. The molecule has 8 heteroatoms. The monoisotopic (exact) mass is 361 g/mol. The molecule has 0 aromatic carbocycles. The average Bonchev–Trinajstić information content (AvgIpc) is 2.97. The van der Waals surface area contributed by atoms with Gasteiger partial charge in [-0.3, -0.25) is 5.43 Å². The molecule has 5 nitrogen and oxygen atoms in total. The highest BCUT2D eigenvalue weighted by molar-refractivity contribution is 7.80. The third-order valence-corrected chi connectivity index (χ3v) is 5.02. The first kappa shape index (κ1) is 17.6. The number of rotatable bonds is 6. The van der Waals surface area contributed by atoms with E-state index in [0.29, 0.717) is 5.11 Å². The van der Waals surface area contributed by atoms with Crippen LogP contribution in [0.3, 0.4) is 0 Å². The topological polar surface area (TPSA) is 50.1 Å². The largest absolute Gasteiger partial charge is 0.370 e. The minimum Gasteiger partial charge on any atom is -0.370 e. The van der Waals surface area contributed by atoms with Crippen molar-refractivity contribution in [2.75, 3.05) is 39.4 Å². The van der Waals surface area contributed by atoms with Gasteiger partial charge in [0, 0.05) is 13.0 Å². The van der Waals surface area contributed by atoms with Gasteiger partial charge in [-0.05, 0) is 31.3 Å². The number of hydrazone groups is 1. The van der Waals surface area contributed by atoms with E-state index in [9.17, 15) is 0 Å². The van der Waals surface area contributed by atoms with Crippen molar-refractivity contribution in [2.24, 2.45) is 5.10 Å². The molecule has 0 atom stereocenters. The van der Waals surface area contributed by atoms with Gasteiger partial charge >= 0.3 is 0 Å². The van der Waals surface area contributed by atoms with Gasteiger partial charge in [-0.15, -0.1) is 11.3 Å². The molecule has 3 N–H and O–H groups in total. The molecule has 2 rings (SSSR count). The van der Waals surface area contributed by atoms with Crippen LogP contribution in [-0.2, 0) is 4.74 Å². The fraction of sp³-hybridized carbons (Fsp3) is 0.571. The summed E-state index contributed by atoms with van der Waals surface area (Å²) < 4.78 is 6.11. The Morgan fingerprint density at radius 1 is 1.45 bits per heavy atom. The van der Waals surface area contributed by atoms with Crippen molar-refractivity contribution >= 4 is 46.0 Å². The van der Waals surface area contributed by atoms with Crippen molar-refractivity contribution in [3.05, 3.63) is 21.3 Å². The fourth-order valence-corrected chi connectivity index (χ4v) is 3.32. The predicted molar refractivity (Wildman–Crippen MR) is 96.3 cm³/mol. The molecule has 1 aliphatic rings. The Kier molecular flexibility index (Phi) is 7.54. The highest BCUT2D eigenvalue weighted by Crippen LogP contribution is 2.21. The highest BCUT2D eigenvalue weighted by atomic mass is 35.5. The highest BCUT2D eigenvalue weighted by Gasteiger charge is 2.12. The van der Waals surface area contributed by atoms with Gasteiger partial charge in [0.05, 0.1) is 34.7 Å². The van der Waals surface area contributed by atoms with Crippen LogP contribution in [0.1, 0.15) is 18.2 Å². The number of hydrogen-bond donors (Lipinski definition) is 3. The molecule has 2 heterocycles. The number of thiocarbonyl (C=S) groups is 1. The maximum absolute atomic E-state index is 5.91. The smallest absolute Gasteiger partial charge is 0.186 e. The van der Waals surface area contributed by atoms with Gasteiger partial charge < -0.3 is 15.0 Å². The lowest BCUT2D eigenvalue weighted by molar-refractivity contribution is -0.908. The molecular weight excluding hydrogens is 340 g/mol. The zero-order valence-electron chi connectivity index (χ0n) is 12.7. The van der Waals surface area contributed by atoms with Crippen LogP contribution < -0.4 is 15.6 Å². The van der Waals surface area contributed by atoms with Crippen molar-refractivity contribution in [1.29, 1.82) is 0 Å². The molecule has 0 saturated carbocycles. The molecule has 0 amide bonds. The molecule has 1 saturated heterocycles. The number of morpholine rings is 1. The number of ether oxygens (including phenoxy) is 1. The summed E-state index contributed by atoms with van der Waals surface area (Å²) in [5.74, 6) is 0. The van der Waals surface area contributed by atoms with Crippen molar-refractivity contribution in [3.8, 4) is 0 Å². The van der Waals surface area contributed by atoms with E-state index in [1.807, 2.05) is 19.1 Å². The standard InChI is InChI=1S/C14H21ClN4OS2/c1-11(12-3-4-13(15)22-12)17-18-14(21)16-5-2-6-19-7-9-20-10-8-19/h3-4H,2,5-10H2,1H3,(H2,16,18,21)/p+1/b17-11-. The predicted octanol–water partition coefficient (Wildman–Crippen LogP) is 0.895. The van der Waals surface area contributed by atoms with Gasteiger partial charge in [0.1, 0.15) is 13.1 Å². The van der Waals surface area contributed by atoms with Crippen LogP contribution in [0.2, 0.25) is 4.34 Å². The van der Waals surface area contributed by atoms with E-state index >= 15 is 0 Å². The van der Waals surface area contributed by atoms with Crippen molar-refractivity contribution in [1.82, 2.24) is 10.7 Å². The van der Waals surface area contributed by atoms with Gasteiger partial charge in [-0.2, -0.15) is 5.10 Å². The van der Waals surface area contributed by atoms with Crippen molar-refractivity contribution in [2.45, 2.75) is 13.3 Å². The number of quaternary nitrogens is 1. The van der Waals surface area contributed by atoms with Crippen molar-refractivity contribution < 1.29 is 9.64 Å². The van der Waals surface area contributed by atoms with Gasteiger partial charge in [0.2, 0.25) is 0 Å². The first-order valence-electron chi connectivity index (χ1n) is 7.40. The summed E-state index contributed by atoms with van der Waals surface area (Å²) in [6.07, 6.45) is 1.08. The van der Waals surface area contributed by atoms with Crippen molar-refractivity contribution in [3.63, 3.8) is 0 Å². The average molecular weight is 362 g/mol. The quantitative estimate of drug-likeness (QED) is 0.305. The molecule has 1 aliphatic heterocycles. The van der Waals surface area contributed by atoms with E-state index in [1.165, 1.54) is 11.3 Å². The molecule has 0 radical (unpaired) electrons. The summed E-state index contributed by atoms with van der Waals surface area (Å²) >= 11 is 12.6. The van der Waals surface area contributed by atoms with Crippen LogP contribution in [-0.4, -0.2) is 50.2 Å². The lowest BCUT2D eigenvalue weighted by Crippen LogP contribution is -3.14. The van der Waals surface area contributed by atoms with E-state index in [1.54, 1.807) is 4.90 Å².